The third kappa shape index (κ3) is 4.06. The van der Waals surface area contributed by atoms with Gasteiger partial charge in [0.25, 0.3) is 0 Å². The fourth-order valence-corrected chi connectivity index (χ4v) is 2.80. The van der Waals surface area contributed by atoms with Gasteiger partial charge in [0.05, 0.1) is 0 Å². The van der Waals surface area contributed by atoms with Crippen LogP contribution >= 0.6 is 0 Å². The summed E-state index contributed by atoms with van der Waals surface area (Å²) in [6.45, 7) is 4.47. The van der Waals surface area contributed by atoms with Gasteiger partial charge in [-0.05, 0) is 38.5 Å². The van der Waals surface area contributed by atoms with Gasteiger partial charge in [-0.15, -0.1) is 0 Å². The van der Waals surface area contributed by atoms with Crippen LogP contribution < -0.4 is 11.5 Å². The number of hydrogen-bond acceptors (Lipinski definition) is 2. The Kier molecular flexibility index (Phi) is 5.26. The highest BCUT2D eigenvalue weighted by molar-refractivity contribution is 4.98. The van der Waals surface area contributed by atoms with Crippen LogP contribution in [0.25, 0.3) is 0 Å². The van der Waals surface area contributed by atoms with Gasteiger partial charge in [0.2, 0.25) is 0 Å². The molecule has 1 saturated carbocycles. The quantitative estimate of drug-likeness (QED) is 0.730. The first kappa shape index (κ1) is 14.0. The molecule has 2 heteroatoms. The maximum Gasteiger partial charge on any atom is 0.0155 e. The highest BCUT2D eigenvalue weighted by Crippen LogP contribution is 2.37. The summed E-state index contributed by atoms with van der Waals surface area (Å²) in [5, 5.41) is 0. The summed E-state index contributed by atoms with van der Waals surface area (Å²) in [4.78, 5) is 0. The summed E-state index contributed by atoms with van der Waals surface area (Å²) in [5.41, 5.74) is 13.1. The van der Waals surface area contributed by atoms with E-state index in [4.69, 9.17) is 11.5 Å². The third-order valence-electron chi connectivity index (χ3n) is 4.30. The molecule has 0 aromatic rings. The van der Waals surface area contributed by atoms with Gasteiger partial charge in [0.1, 0.15) is 0 Å². The van der Waals surface area contributed by atoms with Gasteiger partial charge in [-0.3, -0.25) is 0 Å². The summed E-state index contributed by atoms with van der Waals surface area (Å²) in [6.07, 6.45) is 11.9. The van der Waals surface area contributed by atoms with Crippen LogP contribution in [0.5, 0.6) is 0 Å². The first-order chi connectivity index (χ1) is 7.54. The van der Waals surface area contributed by atoms with Gasteiger partial charge >= 0.3 is 0 Å². The predicted molar refractivity (Wildman–Crippen MR) is 71.4 cm³/mol. The Labute approximate surface area is 101 Å². The first-order valence-electron chi connectivity index (χ1n) is 7.11. The van der Waals surface area contributed by atoms with Crippen LogP contribution in [-0.4, -0.2) is 11.1 Å². The minimum absolute atomic E-state index is 0.102. The fraction of sp³-hybridized carbons (Fsp3) is 1.00. The van der Waals surface area contributed by atoms with Crippen molar-refractivity contribution < 1.29 is 0 Å². The van der Waals surface area contributed by atoms with E-state index in [-0.39, 0.29) is 11.1 Å². The molecule has 1 fully saturated rings. The van der Waals surface area contributed by atoms with Gasteiger partial charge < -0.3 is 11.5 Å². The molecule has 0 aromatic carbocycles. The molecule has 0 aliphatic heterocycles. The molecule has 0 bridgehead atoms. The highest BCUT2D eigenvalue weighted by Gasteiger charge is 2.37. The second-order valence-electron chi connectivity index (χ2n) is 5.93. The molecule has 0 radical (unpaired) electrons. The maximum absolute atomic E-state index is 6.44. The zero-order valence-electron chi connectivity index (χ0n) is 11.2. The molecule has 2 nitrogen and oxygen atoms in total. The normalized spacial score (nSPS) is 35.2. The monoisotopic (exact) mass is 226 g/mol. The summed E-state index contributed by atoms with van der Waals surface area (Å²) in [6, 6.07) is 0. The molecule has 96 valence electrons. The van der Waals surface area contributed by atoms with E-state index in [1.807, 2.05) is 0 Å². The van der Waals surface area contributed by atoms with E-state index in [1.54, 1.807) is 0 Å². The lowest BCUT2D eigenvalue weighted by Gasteiger charge is -2.43. The molecule has 16 heavy (non-hydrogen) atoms. The van der Waals surface area contributed by atoms with E-state index in [0.29, 0.717) is 0 Å². The van der Waals surface area contributed by atoms with Crippen LogP contribution in [0.3, 0.4) is 0 Å². The van der Waals surface area contributed by atoms with Crippen molar-refractivity contribution in [2.45, 2.75) is 89.1 Å². The molecule has 4 N–H and O–H groups in total. The summed E-state index contributed by atoms with van der Waals surface area (Å²) < 4.78 is 0. The van der Waals surface area contributed by atoms with E-state index in [9.17, 15) is 0 Å². The number of hydrogen-bond donors (Lipinski definition) is 2. The molecule has 0 atom stereocenters. The fourth-order valence-electron chi connectivity index (χ4n) is 2.80. The molecule has 0 aromatic heterocycles. The Morgan fingerprint density at radius 3 is 1.31 bits per heavy atom. The number of unbranched alkanes of at least 4 members (excludes halogenated alkanes) is 2. The van der Waals surface area contributed by atoms with Gasteiger partial charge in [0, 0.05) is 11.1 Å². The molecule has 0 amide bonds. The van der Waals surface area contributed by atoms with Crippen LogP contribution in [0.1, 0.15) is 78.1 Å². The van der Waals surface area contributed by atoms with Gasteiger partial charge in [-0.25, -0.2) is 0 Å². The Morgan fingerprint density at radius 2 is 1.06 bits per heavy atom. The molecular formula is C14H30N2. The van der Waals surface area contributed by atoms with Gasteiger partial charge in [-0.2, -0.15) is 0 Å². The number of rotatable bonds is 6. The van der Waals surface area contributed by atoms with Crippen LogP contribution in [0.2, 0.25) is 0 Å². The van der Waals surface area contributed by atoms with Crippen molar-refractivity contribution in [1.29, 1.82) is 0 Å². The molecule has 1 rings (SSSR count). The lowest BCUT2D eigenvalue weighted by Crippen LogP contribution is -2.52. The predicted octanol–water partition coefficient (Wildman–Crippen LogP) is 3.34. The average Bonchev–Trinajstić information content (AvgIpc) is 2.29. The lowest BCUT2D eigenvalue weighted by molar-refractivity contribution is 0.179. The Hall–Kier alpha value is -0.0800. The van der Waals surface area contributed by atoms with Gasteiger partial charge in [-0.1, -0.05) is 39.5 Å². The molecular weight excluding hydrogens is 196 g/mol. The van der Waals surface area contributed by atoms with Crippen LogP contribution in [0.15, 0.2) is 0 Å². The van der Waals surface area contributed by atoms with E-state index in [2.05, 4.69) is 13.8 Å². The van der Waals surface area contributed by atoms with Crippen molar-refractivity contribution in [3.8, 4) is 0 Å². The minimum Gasteiger partial charge on any atom is -0.325 e. The second kappa shape index (κ2) is 6.02. The van der Waals surface area contributed by atoms with Crippen LogP contribution in [-0.2, 0) is 0 Å². The molecule has 0 heterocycles. The van der Waals surface area contributed by atoms with E-state index < -0.39 is 0 Å². The highest BCUT2D eigenvalue weighted by atomic mass is 14.8. The van der Waals surface area contributed by atoms with E-state index >= 15 is 0 Å². The summed E-state index contributed by atoms with van der Waals surface area (Å²) in [5.74, 6) is 0. The zero-order chi connectivity index (χ0) is 12.1. The van der Waals surface area contributed by atoms with Crippen molar-refractivity contribution in [3.05, 3.63) is 0 Å². The Bertz CT molecular complexity index is 171. The molecule has 0 spiro atoms. The van der Waals surface area contributed by atoms with Crippen LogP contribution in [0.4, 0.5) is 0 Å². The smallest absolute Gasteiger partial charge is 0.0155 e. The SMILES string of the molecule is CCCCC1(N)CCC(N)(CCCC)CC1. The second-order valence-corrected chi connectivity index (χ2v) is 5.93. The van der Waals surface area contributed by atoms with Crippen LogP contribution in [0, 0.1) is 0 Å². The lowest BCUT2D eigenvalue weighted by atomic mass is 9.69. The average molecular weight is 226 g/mol. The third-order valence-corrected chi connectivity index (χ3v) is 4.30. The molecule has 0 unspecified atom stereocenters. The van der Waals surface area contributed by atoms with Gasteiger partial charge in [0.15, 0.2) is 0 Å². The Balaban J connectivity index is 2.36. The zero-order valence-corrected chi connectivity index (χ0v) is 11.2. The van der Waals surface area contributed by atoms with Crippen molar-refractivity contribution >= 4 is 0 Å². The minimum atomic E-state index is 0.102. The summed E-state index contributed by atoms with van der Waals surface area (Å²) in [7, 11) is 0. The maximum atomic E-state index is 6.44. The number of nitrogens with two attached hydrogens (primary N) is 2. The largest absolute Gasteiger partial charge is 0.325 e. The van der Waals surface area contributed by atoms with Crippen molar-refractivity contribution in [2.75, 3.05) is 0 Å². The van der Waals surface area contributed by atoms with E-state index in [0.717, 1.165) is 25.7 Å². The molecule has 1 aliphatic carbocycles. The summed E-state index contributed by atoms with van der Waals surface area (Å²) >= 11 is 0. The topological polar surface area (TPSA) is 52.0 Å². The van der Waals surface area contributed by atoms with Crippen molar-refractivity contribution in [1.82, 2.24) is 0 Å². The first-order valence-corrected chi connectivity index (χ1v) is 7.11. The molecule has 0 saturated heterocycles. The molecule has 1 aliphatic rings. The van der Waals surface area contributed by atoms with E-state index in [1.165, 1.54) is 38.5 Å². The standard InChI is InChI=1S/C14H30N2/c1-3-5-7-13(15)9-11-14(16,12-10-13)8-6-4-2/h3-12,15-16H2,1-2H3. The van der Waals surface area contributed by atoms with Crippen molar-refractivity contribution in [2.24, 2.45) is 11.5 Å². The van der Waals surface area contributed by atoms with Crippen molar-refractivity contribution in [3.63, 3.8) is 0 Å². The Morgan fingerprint density at radius 1 is 0.750 bits per heavy atom.